The summed E-state index contributed by atoms with van der Waals surface area (Å²) in [5.74, 6) is 0.480. The molecular weight excluding hydrogens is 448 g/mol. The summed E-state index contributed by atoms with van der Waals surface area (Å²) in [6.45, 7) is 0.396. The number of hydrogen-bond acceptors (Lipinski definition) is 6. The van der Waals surface area contributed by atoms with Crippen molar-refractivity contribution in [3.63, 3.8) is 0 Å². The number of imidazole rings is 1. The molecule has 10 heteroatoms. The van der Waals surface area contributed by atoms with E-state index < -0.39 is 10.0 Å². The maximum Gasteiger partial charge on any atom is 0.328 e. The number of anilines is 1. The Balaban J connectivity index is 1.62. The van der Waals surface area contributed by atoms with Gasteiger partial charge in [0.15, 0.2) is 0 Å². The van der Waals surface area contributed by atoms with Gasteiger partial charge in [-0.15, -0.1) is 11.3 Å². The quantitative estimate of drug-likeness (QED) is 0.462. The molecule has 5 rings (SSSR count). The molecule has 0 bridgehead atoms. The van der Waals surface area contributed by atoms with Crippen molar-refractivity contribution in [1.29, 1.82) is 5.26 Å². The lowest BCUT2D eigenvalue weighted by Crippen LogP contribution is -2.37. The summed E-state index contributed by atoms with van der Waals surface area (Å²) in [7, 11) is -0.633. The van der Waals surface area contributed by atoms with Crippen LogP contribution in [0.3, 0.4) is 0 Å². The Morgan fingerprint density at radius 1 is 1.03 bits per heavy atom. The fraction of sp³-hybridized carbons (Fsp3) is 0.182. The standard InChI is InChI=1S/C22H18N4O4S2/c1-24-17-6-5-16(12-18(17)25(2)22(24)27)32(28,29)26-9-10-30-20-7-3-14(11-19(20)26)21-8-4-15(13-23)31-21/h3-8,11-12H,9-10H2,1-2H3. The highest BCUT2D eigenvalue weighted by Crippen LogP contribution is 2.40. The molecule has 8 nitrogen and oxygen atoms in total. The van der Waals surface area contributed by atoms with E-state index in [1.165, 1.54) is 36.9 Å². The molecule has 0 saturated heterocycles. The van der Waals surface area contributed by atoms with Crippen molar-refractivity contribution < 1.29 is 13.2 Å². The minimum atomic E-state index is -3.91. The molecule has 162 valence electrons. The van der Waals surface area contributed by atoms with Crippen LogP contribution in [0.25, 0.3) is 21.5 Å². The Kier molecular flexibility index (Phi) is 4.62. The zero-order chi connectivity index (χ0) is 22.6. The van der Waals surface area contributed by atoms with Gasteiger partial charge in [0.2, 0.25) is 0 Å². The lowest BCUT2D eigenvalue weighted by Gasteiger charge is -2.30. The van der Waals surface area contributed by atoms with Crippen molar-refractivity contribution in [2.75, 3.05) is 17.5 Å². The van der Waals surface area contributed by atoms with E-state index >= 15 is 0 Å². The molecule has 0 fully saturated rings. The SMILES string of the molecule is Cn1c(=O)n(C)c2cc(S(=O)(=O)N3CCOc4ccc(-c5ccc(C#N)s5)cc43)ccc21. The summed E-state index contributed by atoms with van der Waals surface area (Å²) in [5.41, 5.74) is 2.24. The molecule has 1 aliphatic heterocycles. The van der Waals surface area contributed by atoms with Crippen LogP contribution in [0.1, 0.15) is 4.88 Å². The summed E-state index contributed by atoms with van der Waals surface area (Å²) >= 11 is 1.34. The van der Waals surface area contributed by atoms with Crippen LogP contribution in [-0.4, -0.2) is 30.7 Å². The largest absolute Gasteiger partial charge is 0.489 e. The molecule has 0 N–H and O–H groups in total. The topological polar surface area (TPSA) is 97.3 Å². The molecule has 3 heterocycles. The highest BCUT2D eigenvalue weighted by molar-refractivity contribution is 7.92. The van der Waals surface area contributed by atoms with Crippen molar-refractivity contribution in [3.05, 3.63) is 63.9 Å². The van der Waals surface area contributed by atoms with Crippen LogP contribution in [0.4, 0.5) is 5.69 Å². The van der Waals surface area contributed by atoms with Gasteiger partial charge in [-0.05, 0) is 54.1 Å². The van der Waals surface area contributed by atoms with Crippen LogP contribution >= 0.6 is 11.3 Å². The predicted octanol–water partition coefficient (Wildman–Crippen LogP) is 3.06. The van der Waals surface area contributed by atoms with E-state index in [0.717, 1.165) is 10.4 Å². The molecule has 0 radical (unpaired) electrons. The molecule has 4 aromatic rings. The van der Waals surface area contributed by atoms with Gasteiger partial charge in [0.1, 0.15) is 23.3 Å². The summed E-state index contributed by atoms with van der Waals surface area (Å²) in [6, 6.07) is 15.8. The molecule has 32 heavy (non-hydrogen) atoms. The molecule has 0 saturated carbocycles. The number of ether oxygens (including phenoxy) is 1. The molecule has 2 aromatic heterocycles. The number of nitriles is 1. The Hall–Kier alpha value is -3.55. The van der Waals surface area contributed by atoms with Gasteiger partial charge < -0.3 is 4.74 Å². The lowest BCUT2D eigenvalue weighted by atomic mass is 10.1. The highest BCUT2D eigenvalue weighted by atomic mass is 32.2. The number of fused-ring (bicyclic) bond motifs is 2. The highest BCUT2D eigenvalue weighted by Gasteiger charge is 2.31. The fourth-order valence-electron chi connectivity index (χ4n) is 3.92. The van der Waals surface area contributed by atoms with Gasteiger partial charge in [-0.2, -0.15) is 5.26 Å². The second-order valence-electron chi connectivity index (χ2n) is 7.43. The van der Waals surface area contributed by atoms with Gasteiger partial charge in [0.25, 0.3) is 10.0 Å². The first-order valence-electron chi connectivity index (χ1n) is 9.76. The summed E-state index contributed by atoms with van der Waals surface area (Å²) in [4.78, 5) is 13.8. The monoisotopic (exact) mass is 466 g/mol. The number of benzene rings is 2. The minimum absolute atomic E-state index is 0.104. The number of rotatable bonds is 3. The summed E-state index contributed by atoms with van der Waals surface area (Å²) in [6.07, 6.45) is 0. The van der Waals surface area contributed by atoms with Crippen LogP contribution in [-0.2, 0) is 24.1 Å². The van der Waals surface area contributed by atoms with Crippen LogP contribution in [0.2, 0.25) is 0 Å². The van der Waals surface area contributed by atoms with Crippen LogP contribution in [0.15, 0.2) is 58.2 Å². The molecule has 1 aliphatic rings. The number of aromatic nitrogens is 2. The summed E-state index contributed by atoms with van der Waals surface area (Å²) in [5, 5.41) is 9.11. The maximum absolute atomic E-state index is 13.6. The zero-order valence-corrected chi connectivity index (χ0v) is 18.9. The van der Waals surface area contributed by atoms with E-state index in [0.29, 0.717) is 27.3 Å². The Morgan fingerprint density at radius 2 is 1.81 bits per heavy atom. The molecule has 0 atom stereocenters. The Labute approximate surface area is 188 Å². The van der Waals surface area contributed by atoms with Crippen LogP contribution < -0.4 is 14.7 Å². The van der Waals surface area contributed by atoms with Gasteiger partial charge in [-0.3, -0.25) is 13.4 Å². The number of thiophene rings is 1. The lowest BCUT2D eigenvalue weighted by molar-refractivity contribution is 0.316. The van der Waals surface area contributed by atoms with E-state index in [1.807, 2.05) is 12.1 Å². The van der Waals surface area contributed by atoms with Gasteiger partial charge in [-0.25, -0.2) is 13.2 Å². The third-order valence-corrected chi connectivity index (χ3v) is 8.46. The van der Waals surface area contributed by atoms with Crippen molar-refractivity contribution in [1.82, 2.24) is 9.13 Å². The molecule has 0 spiro atoms. The molecule has 0 amide bonds. The molecule has 0 unspecified atom stereocenters. The van der Waals surface area contributed by atoms with Crippen LogP contribution in [0.5, 0.6) is 5.75 Å². The van der Waals surface area contributed by atoms with Crippen LogP contribution in [0, 0.1) is 11.3 Å². The normalized spacial score (nSPS) is 13.6. The first kappa shape index (κ1) is 20.4. The average molecular weight is 467 g/mol. The first-order chi connectivity index (χ1) is 15.3. The maximum atomic E-state index is 13.6. The van der Waals surface area contributed by atoms with Gasteiger partial charge in [-0.1, -0.05) is 0 Å². The van der Waals surface area contributed by atoms with E-state index in [9.17, 15) is 13.2 Å². The van der Waals surface area contributed by atoms with E-state index in [4.69, 9.17) is 10.00 Å². The minimum Gasteiger partial charge on any atom is -0.489 e. The molecular formula is C22H18N4O4S2. The third-order valence-electron chi connectivity index (χ3n) is 5.61. The second kappa shape index (κ2) is 7.25. The van der Waals surface area contributed by atoms with Gasteiger partial charge in [0, 0.05) is 19.0 Å². The molecule has 0 aliphatic carbocycles. The average Bonchev–Trinajstić information content (AvgIpc) is 3.38. The number of aryl methyl sites for hydroxylation is 2. The van der Waals surface area contributed by atoms with Crippen molar-refractivity contribution in [2.45, 2.75) is 4.90 Å². The predicted molar refractivity (Wildman–Crippen MR) is 123 cm³/mol. The Bertz CT molecular complexity index is 1590. The van der Waals surface area contributed by atoms with Crippen molar-refractivity contribution >= 4 is 38.1 Å². The summed E-state index contributed by atoms with van der Waals surface area (Å²) < 4.78 is 37.2. The van der Waals surface area contributed by atoms with Gasteiger partial charge >= 0.3 is 5.69 Å². The van der Waals surface area contributed by atoms with Gasteiger partial charge in [0.05, 0.1) is 28.2 Å². The molecule has 2 aromatic carbocycles. The van der Waals surface area contributed by atoms with Crippen molar-refractivity contribution in [2.24, 2.45) is 14.1 Å². The smallest absolute Gasteiger partial charge is 0.328 e. The third kappa shape index (κ3) is 3.01. The first-order valence-corrected chi connectivity index (χ1v) is 12.0. The number of nitrogens with zero attached hydrogens (tertiary/aromatic N) is 4. The van der Waals surface area contributed by atoms with Crippen molar-refractivity contribution in [3.8, 4) is 22.3 Å². The number of sulfonamides is 1. The number of hydrogen-bond donors (Lipinski definition) is 0. The second-order valence-corrected chi connectivity index (χ2v) is 10.4. The zero-order valence-electron chi connectivity index (χ0n) is 17.3. The van der Waals surface area contributed by atoms with E-state index in [-0.39, 0.29) is 23.7 Å². The van der Waals surface area contributed by atoms with E-state index in [1.54, 1.807) is 38.4 Å². The fourth-order valence-corrected chi connectivity index (χ4v) is 6.19. The Morgan fingerprint density at radius 3 is 2.56 bits per heavy atom. The van der Waals surface area contributed by atoms with E-state index in [2.05, 4.69) is 6.07 Å².